The molecule has 1 aromatic rings. The number of likely N-dealkylation sites (N-methyl/N-ethyl adjacent to an activating group) is 1. The molecular formula is C19H30N4O. The summed E-state index contributed by atoms with van der Waals surface area (Å²) in [6, 6.07) is 6.92. The second-order valence-electron chi connectivity index (χ2n) is 6.66. The summed E-state index contributed by atoms with van der Waals surface area (Å²) >= 11 is 0. The van der Waals surface area contributed by atoms with E-state index in [1.54, 1.807) is 4.90 Å². The van der Waals surface area contributed by atoms with Gasteiger partial charge in [-0.15, -0.1) is 0 Å². The van der Waals surface area contributed by atoms with E-state index in [1.807, 2.05) is 7.05 Å². The lowest BCUT2D eigenvalue weighted by atomic mass is 10.1. The van der Waals surface area contributed by atoms with Crippen molar-refractivity contribution < 1.29 is 4.79 Å². The number of hydrogen-bond donors (Lipinski definition) is 2. The number of benzene rings is 1. The highest BCUT2D eigenvalue weighted by Crippen LogP contribution is 2.10. The first-order valence-electron chi connectivity index (χ1n) is 8.84. The van der Waals surface area contributed by atoms with E-state index >= 15 is 0 Å². The fourth-order valence-corrected chi connectivity index (χ4v) is 3.15. The molecule has 24 heavy (non-hydrogen) atoms. The second-order valence-corrected chi connectivity index (χ2v) is 6.66. The van der Waals surface area contributed by atoms with Crippen LogP contribution in [0.4, 0.5) is 0 Å². The highest BCUT2D eigenvalue weighted by molar-refractivity contribution is 5.81. The Balaban J connectivity index is 1.91. The van der Waals surface area contributed by atoms with Gasteiger partial charge in [-0.1, -0.05) is 29.3 Å². The number of aryl methyl sites for hydroxylation is 2. The van der Waals surface area contributed by atoms with Gasteiger partial charge in [0, 0.05) is 39.1 Å². The maximum atomic E-state index is 11.6. The quantitative estimate of drug-likeness (QED) is 0.641. The number of guanidine groups is 1. The van der Waals surface area contributed by atoms with E-state index < -0.39 is 0 Å². The number of aliphatic imine (C=N–C) groups is 1. The lowest BCUT2D eigenvalue weighted by Crippen LogP contribution is -2.51. The third-order valence-electron chi connectivity index (χ3n) is 4.26. The Hall–Kier alpha value is -2.04. The molecule has 1 unspecified atom stereocenters. The predicted octanol–water partition coefficient (Wildman–Crippen LogP) is 2.02. The van der Waals surface area contributed by atoms with Gasteiger partial charge in [0.1, 0.15) is 0 Å². The lowest BCUT2D eigenvalue weighted by molar-refractivity contribution is -0.132. The van der Waals surface area contributed by atoms with Gasteiger partial charge in [0.25, 0.3) is 0 Å². The van der Waals surface area contributed by atoms with Crippen LogP contribution in [0.5, 0.6) is 0 Å². The Labute approximate surface area is 145 Å². The minimum Gasteiger partial charge on any atom is -0.357 e. The van der Waals surface area contributed by atoms with E-state index in [2.05, 4.69) is 49.6 Å². The average Bonchev–Trinajstić information content (AvgIpc) is 2.50. The lowest BCUT2D eigenvalue weighted by Gasteiger charge is -2.31. The molecule has 1 aromatic carbocycles. The van der Waals surface area contributed by atoms with Crippen LogP contribution in [0, 0.1) is 13.8 Å². The van der Waals surface area contributed by atoms with Gasteiger partial charge < -0.3 is 15.5 Å². The minimum absolute atomic E-state index is 0.227. The standard InChI is InChI=1S/C19H30N4O/c1-5-20-19(22-17-6-7-18(24)23(4)13-17)21-9-8-16-11-14(2)10-15(3)12-16/h10-12,17H,5-9,13H2,1-4H3,(H2,20,21,22). The van der Waals surface area contributed by atoms with Crippen molar-refractivity contribution in [3.63, 3.8) is 0 Å². The molecule has 2 N–H and O–H groups in total. The molecule has 1 fully saturated rings. The van der Waals surface area contributed by atoms with Crippen LogP contribution in [0.3, 0.4) is 0 Å². The van der Waals surface area contributed by atoms with Gasteiger partial charge in [-0.3, -0.25) is 9.79 Å². The Morgan fingerprint density at radius 2 is 2.00 bits per heavy atom. The van der Waals surface area contributed by atoms with Gasteiger partial charge >= 0.3 is 0 Å². The molecule has 1 heterocycles. The second kappa shape index (κ2) is 8.71. The fourth-order valence-electron chi connectivity index (χ4n) is 3.15. The molecule has 1 aliphatic rings. The number of hydrogen-bond acceptors (Lipinski definition) is 2. The molecule has 2 rings (SSSR count). The Bertz CT molecular complexity index is 577. The summed E-state index contributed by atoms with van der Waals surface area (Å²) in [5, 5.41) is 6.76. The third kappa shape index (κ3) is 5.55. The number of nitrogens with zero attached hydrogens (tertiary/aromatic N) is 2. The van der Waals surface area contributed by atoms with E-state index in [0.29, 0.717) is 6.42 Å². The topological polar surface area (TPSA) is 56.7 Å². The summed E-state index contributed by atoms with van der Waals surface area (Å²) in [4.78, 5) is 18.1. The molecule has 1 atom stereocenters. The van der Waals surface area contributed by atoms with Crippen LogP contribution in [-0.4, -0.2) is 49.5 Å². The average molecular weight is 330 g/mol. The molecule has 1 aliphatic heterocycles. The van der Waals surface area contributed by atoms with E-state index in [-0.39, 0.29) is 11.9 Å². The number of rotatable bonds is 5. The number of piperidine rings is 1. The van der Waals surface area contributed by atoms with Crippen molar-refractivity contribution in [1.29, 1.82) is 0 Å². The van der Waals surface area contributed by atoms with Crippen LogP contribution in [0.25, 0.3) is 0 Å². The first-order chi connectivity index (χ1) is 11.5. The van der Waals surface area contributed by atoms with Crippen molar-refractivity contribution in [2.24, 2.45) is 4.99 Å². The van der Waals surface area contributed by atoms with Gasteiger partial charge in [-0.2, -0.15) is 0 Å². The molecule has 1 amide bonds. The summed E-state index contributed by atoms with van der Waals surface area (Å²) < 4.78 is 0. The summed E-state index contributed by atoms with van der Waals surface area (Å²) in [6.45, 7) is 8.65. The van der Waals surface area contributed by atoms with Gasteiger partial charge in [0.05, 0.1) is 0 Å². The van der Waals surface area contributed by atoms with Gasteiger partial charge in [0.15, 0.2) is 5.96 Å². The molecule has 0 radical (unpaired) electrons. The molecule has 132 valence electrons. The van der Waals surface area contributed by atoms with Crippen molar-refractivity contribution in [3.8, 4) is 0 Å². The van der Waals surface area contributed by atoms with Crippen molar-refractivity contribution in [2.45, 2.75) is 46.1 Å². The van der Waals surface area contributed by atoms with Crippen molar-refractivity contribution >= 4 is 11.9 Å². The van der Waals surface area contributed by atoms with E-state index in [1.165, 1.54) is 16.7 Å². The SMILES string of the molecule is CCNC(=NCCc1cc(C)cc(C)c1)NC1CCC(=O)N(C)C1. The zero-order valence-corrected chi connectivity index (χ0v) is 15.4. The maximum Gasteiger partial charge on any atom is 0.222 e. The van der Waals surface area contributed by atoms with E-state index in [4.69, 9.17) is 4.99 Å². The molecule has 0 bridgehead atoms. The maximum absolute atomic E-state index is 11.6. The van der Waals surface area contributed by atoms with Crippen LogP contribution < -0.4 is 10.6 Å². The van der Waals surface area contributed by atoms with Crippen molar-refractivity contribution in [1.82, 2.24) is 15.5 Å². The molecule has 1 saturated heterocycles. The minimum atomic E-state index is 0.227. The Kier molecular flexibility index (Phi) is 6.64. The number of carbonyl (C=O) groups is 1. The summed E-state index contributed by atoms with van der Waals surface area (Å²) in [5.41, 5.74) is 3.93. The van der Waals surface area contributed by atoms with Crippen LogP contribution in [0.2, 0.25) is 0 Å². The largest absolute Gasteiger partial charge is 0.357 e. The summed E-state index contributed by atoms with van der Waals surface area (Å²) in [6.07, 6.45) is 2.41. The number of nitrogens with one attached hydrogen (secondary N) is 2. The summed E-state index contributed by atoms with van der Waals surface area (Å²) in [7, 11) is 1.86. The number of likely N-dealkylation sites (tertiary alicyclic amines) is 1. The first-order valence-corrected chi connectivity index (χ1v) is 8.84. The first kappa shape index (κ1) is 18.3. The van der Waals surface area contributed by atoms with Crippen LogP contribution in [0.15, 0.2) is 23.2 Å². The van der Waals surface area contributed by atoms with Gasteiger partial charge in [0.2, 0.25) is 5.91 Å². The van der Waals surface area contributed by atoms with Crippen molar-refractivity contribution in [3.05, 3.63) is 34.9 Å². The normalized spacial score (nSPS) is 18.7. The van der Waals surface area contributed by atoms with Crippen LogP contribution in [-0.2, 0) is 11.2 Å². The molecule has 0 aromatic heterocycles. The zero-order valence-electron chi connectivity index (χ0n) is 15.4. The molecule has 5 heteroatoms. The van der Waals surface area contributed by atoms with E-state index in [0.717, 1.165) is 38.4 Å². The number of carbonyl (C=O) groups excluding carboxylic acids is 1. The zero-order chi connectivity index (χ0) is 17.5. The van der Waals surface area contributed by atoms with Gasteiger partial charge in [-0.05, 0) is 39.2 Å². The molecular weight excluding hydrogens is 300 g/mol. The fraction of sp³-hybridized carbons (Fsp3) is 0.579. The van der Waals surface area contributed by atoms with Crippen molar-refractivity contribution in [2.75, 3.05) is 26.7 Å². The van der Waals surface area contributed by atoms with Crippen LogP contribution >= 0.6 is 0 Å². The van der Waals surface area contributed by atoms with E-state index in [9.17, 15) is 4.79 Å². The molecule has 0 saturated carbocycles. The molecule has 0 aliphatic carbocycles. The smallest absolute Gasteiger partial charge is 0.222 e. The predicted molar refractivity (Wildman–Crippen MR) is 99.4 cm³/mol. The van der Waals surface area contributed by atoms with Gasteiger partial charge in [-0.25, -0.2) is 0 Å². The summed E-state index contributed by atoms with van der Waals surface area (Å²) in [5.74, 6) is 1.07. The Morgan fingerprint density at radius 1 is 1.29 bits per heavy atom. The third-order valence-corrected chi connectivity index (χ3v) is 4.26. The number of amides is 1. The highest BCUT2D eigenvalue weighted by Gasteiger charge is 2.23. The molecule has 0 spiro atoms. The van der Waals surface area contributed by atoms with Crippen LogP contribution in [0.1, 0.15) is 36.5 Å². The highest BCUT2D eigenvalue weighted by atomic mass is 16.2. The Morgan fingerprint density at radius 3 is 2.62 bits per heavy atom. The monoisotopic (exact) mass is 330 g/mol. The molecule has 5 nitrogen and oxygen atoms in total.